The van der Waals surface area contributed by atoms with E-state index in [1.807, 2.05) is 12.4 Å². The maximum absolute atomic E-state index is 6.00. The van der Waals surface area contributed by atoms with Crippen LogP contribution in [0.15, 0.2) is 48.8 Å². The van der Waals surface area contributed by atoms with Crippen LogP contribution in [0.25, 0.3) is 21.8 Å². The van der Waals surface area contributed by atoms with Gasteiger partial charge in [-0.3, -0.25) is 20.0 Å². The molecule has 2 saturated heterocycles. The minimum atomic E-state index is 0.155. The minimum absolute atomic E-state index is 0.155. The van der Waals surface area contributed by atoms with Crippen LogP contribution in [0.5, 0.6) is 0 Å². The zero-order valence-electron chi connectivity index (χ0n) is 21.8. The lowest BCUT2D eigenvalue weighted by atomic mass is 10.0. The largest absolute Gasteiger partial charge is 0.371 e. The topological polar surface area (TPSA) is 82.3 Å². The SMILES string of the molecule is CCN1C[C@@H](c2cccc3[nH]ncc23)OC[C@@H]1C.CCN1C[C@H](c2cccc3[nH]ncc23)OC[C@@H]1C. The van der Waals surface area contributed by atoms with E-state index >= 15 is 0 Å². The first-order valence-corrected chi connectivity index (χ1v) is 13.1. The van der Waals surface area contributed by atoms with Crippen LogP contribution in [0.3, 0.4) is 0 Å². The highest BCUT2D eigenvalue weighted by molar-refractivity contribution is 5.82. The molecule has 2 N–H and O–H groups in total. The Balaban J connectivity index is 0.000000148. The molecular formula is C28H38N6O2. The number of nitrogens with zero attached hydrogens (tertiary/aromatic N) is 4. The first kappa shape index (κ1) is 24.9. The summed E-state index contributed by atoms with van der Waals surface area (Å²) in [5.74, 6) is 0. The van der Waals surface area contributed by atoms with Gasteiger partial charge in [0, 0.05) is 35.9 Å². The van der Waals surface area contributed by atoms with Crippen molar-refractivity contribution in [2.45, 2.75) is 52.0 Å². The molecule has 2 aromatic carbocycles. The van der Waals surface area contributed by atoms with Crippen LogP contribution in [-0.4, -0.2) is 81.7 Å². The van der Waals surface area contributed by atoms with Crippen molar-refractivity contribution >= 4 is 21.8 Å². The van der Waals surface area contributed by atoms with Gasteiger partial charge in [-0.1, -0.05) is 38.1 Å². The maximum atomic E-state index is 6.00. The van der Waals surface area contributed by atoms with E-state index in [2.05, 4.69) is 94.3 Å². The molecule has 2 aliphatic heterocycles. The van der Waals surface area contributed by atoms with Crippen molar-refractivity contribution in [1.82, 2.24) is 30.2 Å². The van der Waals surface area contributed by atoms with E-state index in [0.29, 0.717) is 12.1 Å². The molecule has 2 aromatic heterocycles. The summed E-state index contributed by atoms with van der Waals surface area (Å²) >= 11 is 0. The van der Waals surface area contributed by atoms with Crippen molar-refractivity contribution in [1.29, 1.82) is 0 Å². The molecule has 4 heterocycles. The van der Waals surface area contributed by atoms with Gasteiger partial charge in [0.1, 0.15) is 0 Å². The Morgan fingerprint density at radius 2 is 1.19 bits per heavy atom. The highest BCUT2D eigenvalue weighted by Gasteiger charge is 2.28. The number of aromatic amines is 2. The standard InChI is InChI=1S/2C14H19N3O/c2*1-3-17-8-14(18-9-10(17)2)11-5-4-6-13-12(11)7-15-16-13/h2*4-7,10,14H,3,8-9H2,1-2H3,(H,15,16)/t10-,14+;10-,14-/m00/s1. The van der Waals surface area contributed by atoms with Crippen LogP contribution in [-0.2, 0) is 9.47 Å². The monoisotopic (exact) mass is 490 g/mol. The molecule has 36 heavy (non-hydrogen) atoms. The van der Waals surface area contributed by atoms with Crippen molar-refractivity contribution in [3.05, 3.63) is 59.9 Å². The average Bonchev–Trinajstić information content (AvgIpc) is 3.59. The lowest BCUT2D eigenvalue weighted by Crippen LogP contribution is -2.44. The van der Waals surface area contributed by atoms with Crippen LogP contribution in [0.2, 0.25) is 0 Å². The summed E-state index contributed by atoms with van der Waals surface area (Å²) in [4.78, 5) is 4.93. The molecule has 0 saturated carbocycles. The van der Waals surface area contributed by atoms with E-state index < -0.39 is 0 Å². The van der Waals surface area contributed by atoms with Gasteiger partial charge in [0.2, 0.25) is 0 Å². The van der Waals surface area contributed by atoms with E-state index in [-0.39, 0.29) is 12.2 Å². The lowest BCUT2D eigenvalue weighted by molar-refractivity contribution is -0.0574. The molecule has 0 amide bonds. The number of nitrogens with one attached hydrogen (secondary N) is 2. The Morgan fingerprint density at radius 3 is 1.61 bits per heavy atom. The number of likely N-dealkylation sites (N-methyl/N-ethyl adjacent to an activating group) is 2. The molecule has 0 radical (unpaired) electrons. The highest BCUT2D eigenvalue weighted by atomic mass is 16.5. The molecule has 192 valence electrons. The van der Waals surface area contributed by atoms with Gasteiger partial charge < -0.3 is 9.47 Å². The number of rotatable bonds is 4. The average molecular weight is 491 g/mol. The predicted octanol–water partition coefficient (Wildman–Crippen LogP) is 4.69. The second-order valence-corrected chi connectivity index (χ2v) is 9.87. The summed E-state index contributed by atoms with van der Waals surface area (Å²) < 4.78 is 12.0. The van der Waals surface area contributed by atoms with E-state index in [9.17, 15) is 0 Å². The van der Waals surface area contributed by atoms with Crippen LogP contribution < -0.4 is 0 Å². The Hall–Kier alpha value is -2.78. The number of hydrogen-bond acceptors (Lipinski definition) is 6. The smallest absolute Gasteiger partial charge is 0.0959 e. The quantitative estimate of drug-likeness (QED) is 0.432. The van der Waals surface area contributed by atoms with Gasteiger partial charge in [0.25, 0.3) is 0 Å². The molecule has 0 bridgehead atoms. The molecule has 4 aromatic rings. The normalized spacial score (nSPS) is 25.7. The maximum Gasteiger partial charge on any atom is 0.0959 e. The molecule has 2 fully saturated rings. The number of benzene rings is 2. The molecular weight excluding hydrogens is 452 g/mol. The Labute approximate surface area is 212 Å². The third-order valence-electron chi connectivity index (χ3n) is 7.67. The van der Waals surface area contributed by atoms with Crippen LogP contribution in [0, 0.1) is 0 Å². The van der Waals surface area contributed by atoms with Gasteiger partial charge in [-0.15, -0.1) is 0 Å². The van der Waals surface area contributed by atoms with Crippen LogP contribution in [0.4, 0.5) is 0 Å². The molecule has 0 unspecified atom stereocenters. The molecule has 8 heteroatoms. The third-order valence-corrected chi connectivity index (χ3v) is 7.67. The van der Waals surface area contributed by atoms with Crippen molar-refractivity contribution in [3.8, 4) is 0 Å². The third kappa shape index (κ3) is 5.04. The molecule has 0 spiro atoms. The van der Waals surface area contributed by atoms with Gasteiger partial charge >= 0.3 is 0 Å². The van der Waals surface area contributed by atoms with E-state index in [1.54, 1.807) is 0 Å². The molecule has 8 nitrogen and oxygen atoms in total. The van der Waals surface area contributed by atoms with Crippen LogP contribution in [0.1, 0.15) is 51.0 Å². The number of hydrogen-bond donors (Lipinski definition) is 2. The zero-order chi connectivity index (χ0) is 25.1. The summed E-state index contributed by atoms with van der Waals surface area (Å²) in [5, 5.41) is 16.6. The highest BCUT2D eigenvalue weighted by Crippen LogP contribution is 2.30. The fourth-order valence-corrected chi connectivity index (χ4v) is 5.41. The summed E-state index contributed by atoms with van der Waals surface area (Å²) in [6.07, 6.45) is 4.09. The number of ether oxygens (including phenoxy) is 2. The molecule has 6 rings (SSSR count). The number of aromatic nitrogens is 4. The first-order chi connectivity index (χ1) is 17.6. The Morgan fingerprint density at radius 1 is 0.750 bits per heavy atom. The minimum Gasteiger partial charge on any atom is -0.371 e. The van der Waals surface area contributed by atoms with Crippen molar-refractivity contribution in [2.24, 2.45) is 0 Å². The van der Waals surface area contributed by atoms with Gasteiger partial charge in [0.05, 0.1) is 48.8 Å². The fraction of sp³-hybridized carbons (Fsp3) is 0.500. The Kier molecular flexibility index (Phi) is 7.67. The van der Waals surface area contributed by atoms with E-state index in [0.717, 1.165) is 50.4 Å². The molecule has 4 atom stereocenters. The summed E-state index contributed by atoms with van der Waals surface area (Å²) in [5.41, 5.74) is 4.65. The van der Waals surface area contributed by atoms with Gasteiger partial charge in [0.15, 0.2) is 0 Å². The zero-order valence-corrected chi connectivity index (χ0v) is 21.8. The van der Waals surface area contributed by atoms with E-state index in [4.69, 9.17) is 9.47 Å². The Bertz CT molecular complexity index is 1170. The fourth-order valence-electron chi connectivity index (χ4n) is 5.41. The number of morpholine rings is 2. The van der Waals surface area contributed by atoms with Gasteiger partial charge in [-0.25, -0.2) is 0 Å². The summed E-state index contributed by atoms with van der Waals surface area (Å²) in [6, 6.07) is 13.5. The summed E-state index contributed by atoms with van der Waals surface area (Å²) in [6.45, 7) is 14.5. The second kappa shape index (κ2) is 11.1. The van der Waals surface area contributed by atoms with Crippen LogP contribution >= 0.6 is 0 Å². The number of fused-ring (bicyclic) bond motifs is 2. The van der Waals surface area contributed by atoms with Gasteiger partial charge in [-0.2, -0.15) is 10.2 Å². The lowest BCUT2D eigenvalue weighted by Gasteiger charge is -2.37. The first-order valence-electron chi connectivity index (χ1n) is 13.1. The van der Waals surface area contributed by atoms with Gasteiger partial charge in [-0.05, 0) is 50.2 Å². The number of H-pyrrole nitrogens is 2. The van der Waals surface area contributed by atoms with Crippen molar-refractivity contribution in [2.75, 3.05) is 39.4 Å². The second-order valence-electron chi connectivity index (χ2n) is 9.87. The molecule has 0 aliphatic carbocycles. The van der Waals surface area contributed by atoms with E-state index in [1.165, 1.54) is 21.9 Å². The van der Waals surface area contributed by atoms with Crippen molar-refractivity contribution in [3.63, 3.8) is 0 Å². The predicted molar refractivity (Wildman–Crippen MR) is 143 cm³/mol. The summed E-state index contributed by atoms with van der Waals surface area (Å²) in [7, 11) is 0. The van der Waals surface area contributed by atoms with Crippen molar-refractivity contribution < 1.29 is 9.47 Å². The molecule has 2 aliphatic rings.